The third-order valence-electron chi connectivity index (χ3n) is 3.72. The number of hydrogen-bond acceptors (Lipinski definition) is 7. The normalized spacial score (nSPS) is 9.93. The highest BCUT2D eigenvalue weighted by Crippen LogP contribution is 2.38. The highest BCUT2D eigenvalue weighted by Gasteiger charge is 2.18. The monoisotopic (exact) mass is 402 g/mol. The van der Waals surface area contributed by atoms with Crippen molar-refractivity contribution in [2.75, 3.05) is 38.6 Å². The lowest BCUT2D eigenvalue weighted by Gasteiger charge is -2.13. The van der Waals surface area contributed by atoms with Crippen molar-refractivity contribution in [3.05, 3.63) is 42.0 Å². The minimum atomic E-state index is -0.722. The molecule has 0 spiro atoms. The number of rotatable bonds is 8. The molecular weight excluding hydrogens is 380 g/mol. The van der Waals surface area contributed by atoms with Crippen molar-refractivity contribution in [3.8, 4) is 17.2 Å². The Kier molecular flexibility index (Phi) is 7.41. The van der Waals surface area contributed by atoms with Crippen molar-refractivity contribution < 1.29 is 33.3 Å². The van der Waals surface area contributed by atoms with E-state index in [0.29, 0.717) is 28.6 Å². The first kappa shape index (κ1) is 21.5. The third kappa shape index (κ3) is 5.86. The average Bonchev–Trinajstić information content (AvgIpc) is 2.71. The van der Waals surface area contributed by atoms with E-state index in [9.17, 15) is 14.4 Å². The number of nitrogens with one attached hydrogen (secondary N) is 2. The second-order valence-corrected chi connectivity index (χ2v) is 5.80. The Balaban J connectivity index is 1.98. The molecule has 2 N–H and O–H groups in total. The van der Waals surface area contributed by atoms with Crippen LogP contribution in [-0.4, -0.2) is 45.7 Å². The van der Waals surface area contributed by atoms with Crippen LogP contribution in [0.3, 0.4) is 0 Å². The lowest BCUT2D eigenvalue weighted by Crippen LogP contribution is -2.21. The Labute approximate surface area is 167 Å². The molecule has 154 valence electrons. The highest BCUT2D eigenvalue weighted by atomic mass is 16.5. The van der Waals surface area contributed by atoms with E-state index >= 15 is 0 Å². The maximum Gasteiger partial charge on any atom is 0.338 e. The topological polar surface area (TPSA) is 112 Å². The van der Waals surface area contributed by atoms with Gasteiger partial charge in [0, 0.05) is 18.3 Å². The molecule has 2 rings (SSSR count). The van der Waals surface area contributed by atoms with E-state index < -0.39 is 18.5 Å². The molecule has 0 heterocycles. The Morgan fingerprint density at radius 2 is 1.34 bits per heavy atom. The van der Waals surface area contributed by atoms with Gasteiger partial charge in [0.25, 0.3) is 5.91 Å². The van der Waals surface area contributed by atoms with Gasteiger partial charge >= 0.3 is 5.97 Å². The fourth-order valence-electron chi connectivity index (χ4n) is 2.45. The van der Waals surface area contributed by atoms with E-state index in [1.54, 1.807) is 24.3 Å². The van der Waals surface area contributed by atoms with Gasteiger partial charge in [-0.15, -0.1) is 0 Å². The molecule has 0 aliphatic rings. The summed E-state index contributed by atoms with van der Waals surface area (Å²) in [7, 11) is 4.31. The molecule has 2 aromatic rings. The fourth-order valence-corrected chi connectivity index (χ4v) is 2.45. The smallest absolute Gasteiger partial charge is 0.338 e. The van der Waals surface area contributed by atoms with Gasteiger partial charge in [-0.3, -0.25) is 9.59 Å². The number of carbonyl (C=O) groups excluding carboxylic acids is 3. The standard InChI is InChI=1S/C20H22N2O7/c1-12(23)21-14-5-7-15(8-6-14)22-18(24)11-29-20(25)13-9-16(26-2)19(28-4)17(10-13)27-3/h5-10H,11H2,1-4H3,(H,21,23)(H,22,24). The molecule has 2 aromatic carbocycles. The zero-order chi connectivity index (χ0) is 21.4. The van der Waals surface area contributed by atoms with Crippen molar-refractivity contribution in [1.29, 1.82) is 0 Å². The second kappa shape index (κ2) is 9.98. The van der Waals surface area contributed by atoms with Gasteiger partial charge in [-0.1, -0.05) is 0 Å². The Morgan fingerprint density at radius 3 is 1.79 bits per heavy atom. The van der Waals surface area contributed by atoms with E-state index in [1.807, 2.05) is 0 Å². The summed E-state index contributed by atoms with van der Waals surface area (Å²) in [5, 5.41) is 5.21. The maximum atomic E-state index is 12.3. The number of carbonyl (C=O) groups is 3. The van der Waals surface area contributed by atoms with Crippen LogP contribution in [0.2, 0.25) is 0 Å². The van der Waals surface area contributed by atoms with Crippen molar-refractivity contribution in [1.82, 2.24) is 0 Å². The number of methoxy groups -OCH3 is 3. The van der Waals surface area contributed by atoms with E-state index in [-0.39, 0.29) is 11.5 Å². The van der Waals surface area contributed by atoms with Crippen LogP contribution in [0, 0.1) is 0 Å². The van der Waals surface area contributed by atoms with Crippen LogP contribution in [0.1, 0.15) is 17.3 Å². The fraction of sp³-hybridized carbons (Fsp3) is 0.250. The Hall–Kier alpha value is -3.75. The number of anilines is 2. The highest BCUT2D eigenvalue weighted by molar-refractivity contribution is 5.96. The molecule has 9 heteroatoms. The van der Waals surface area contributed by atoms with E-state index in [2.05, 4.69) is 10.6 Å². The van der Waals surface area contributed by atoms with Gasteiger partial charge in [0.1, 0.15) is 0 Å². The van der Waals surface area contributed by atoms with Crippen LogP contribution >= 0.6 is 0 Å². The summed E-state index contributed by atoms with van der Waals surface area (Å²) in [5.74, 6) is -0.504. The minimum absolute atomic E-state index is 0.145. The molecule has 0 unspecified atom stereocenters. The summed E-state index contributed by atoms with van der Waals surface area (Å²) in [4.78, 5) is 35.3. The summed E-state index contributed by atoms with van der Waals surface area (Å²) >= 11 is 0. The van der Waals surface area contributed by atoms with Crippen LogP contribution in [0.15, 0.2) is 36.4 Å². The molecule has 0 aliphatic carbocycles. The predicted octanol–water partition coefficient (Wildman–Crippen LogP) is 2.47. The quantitative estimate of drug-likeness (QED) is 0.652. The van der Waals surface area contributed by atoms with Crippen LogP contribution in [0.25, 0.3) is 0 Å². The van der Waals surface area contributed by atoms with Crippen molar-refractivity contribution in [3.63, 3.8) is 0 Å². The Morgan fingerprint density at radius 1 is 0.828 bits per heavy atom. The molecule has 0 aromatic heterocycles. The van der Waals surface area contributed by atoms with Gasteiger partial charge in [-0.2, -0.15) is 0 Å². The average molecular weight is 402 g/mol. The molecule has 0 atom stereocenters. The molecule has 29 heavy (non-hydrogen) atoms. The summed E-state index contributed by atoms with van der Waals surface area (Å²) in [6, 6.07) is 9.37. The van der Waals surface area contributed by atoms with E-state index in [0.717, 1.165) is 0 Å². The first-order valence-corrected chi connectivity index (χ1v) is 8.52. The molecule has 0 fully saturated rings. The summed E-state index contributed by atoms with van der Waals surface area (Å²) in [5.41, 5.74) is 1.24. The zero-order valence-electron chi connectivity index (χ0n) is 16.5. The number of amides is 2. The molecule has 0 aliphatic heterocycles. The van der Waals surface area contributed by atoms with Gasteiger partial charge < -0.3 is 29.6 Å². The molecule has 9 nitrogen and oxygen atoms in total. The first-order chi connectivity index (χ1) is 13.9. The summed E-state index contributed by atoms with van der Waals surface area (Å²) < 4.78 is 20.6. The lowest BCUT2D eigenvalue weighted by molar-refractivity contribution is -0.119. The zero-order valence-corrected chi connectivity index (χ0v) is 16.5. The molecule has 0 saturated heterocycles. The van der Waals surface area contributed by atoms with E-state index in [4.69, 9.17) is 18.9 Å². The predicted molar refractivity (Wildman–Crippen MR) is 106 cm³/mol. The van der Waals surface area contributed by atoms with Crippen LogP contribution < -0.4 is 24.8 Å². The van der Waals surface area contributed by atoms with Crippen LogP contribution in [-0.2, 0) is 14.3 Å². The maximum absolute atomic E-state index is 12.3. The van der Waals surface area contributed by atoms with Crippen molar-refractivity contribution >= 4 is 29.2 Å². The van der Waals surface area contributed by atoms with Gasteiger partial charge in [0.15, 0.2) is 18.1 Å². The van der Waals surface area contributed by atoms with Crippen molar-refractivity contribution in [2.24, 2.45) is 0 Å². The van der Waals surface area contributed by atoms with Gasteiger partial charge in [-0.05, 0) is 36.4 Å². The molecule has 2 amide bonds. The van der Waals surface area contributed by atoms with Gasteiger partial charge in [0.2, 0.25) is 11.7 Å². The van der Waals surface area contributed by atoms with E-state index in [1.165, 1.54) is 40.4 Å². The molecule has 0 saturated carbocycles. The van der Waals surface area contributed by atoms with Crippen LogP contribution in [0.5, 0.6) is 17.2 Å². The lowest BCUT2D eigenvalue weighted by atomic mass is 10.2. The number of benzene rings is 2. The summed E-state index contributed by atoms with van der Waals surface area (Å²) in [6.45, 7) is 0.918. The number of hydrogen-bond donors (Lipinski definition) is 2. The van der Waals surface area contributed by atoms with Crippen LogP contribution in [0.4, 0.5) is 11.4 Å². The summed E-state index contributed by atoms with van der Waals surface area (Å²) in [6.07, 6.45) is 0. The first-order valence-electron chi connectivity index (χ1n) is 8.52. The SMILES string of the molecule is COc1cc(C(=O)OCC(=O)Nc2ccc(NC(C)=O)cc2)cc(OC)c1OC. The Bertz CT molecular complexity index is 869. The molecular formula is C20H22N2O7. The third-order valence-corrected chi connectivity index (χ3v) is 3.72. The minimum Gasteiger partial charge on any atom is -0.493 e. The second-order valence-electron chi connectivity index (χ2n) is 5.80. The molecule has 0 bridgehead atoms. The number of ether oxygens (including phenoxy) is 4. The van der Waals surface area contributed by atoms with Gasteiger partial charge in [-0.25, -0.2) is 4.79 Å². The van der Waals surface area contributed by atoms with Crippen molar-refractivity contribution in [2.45, 2.75) is 6.92 Å². The molecule has 0 radical (unpaired) electrons. The number of esters is 1. The van der Waals surface area contributed by atoms with Gasteiger partial charge in [0.05, 0.1) is 26.9 Å². The largest absolute Gasteiger partial charge is 0.493 e.